The molecule has 0 atom stereocenters. The van der Waals surface area contributed by atoms with Crippen LogP contribution in [-0.4, -0.2) is 62.5 Å². The number of rotatable bonds is 8. The number of carbonyl (C=O) groups is 2. The predicted octanol–water partition coefficient (Wildman–Crippen LogP) is 2.01. The molecule has 0 unspecified atom stereocenters. The molecule has 0 radical (unpaired) electrons. The van der Waals surface area contributed by atoms with Crippen LogP contribution < -0.4 is 0 Å². The van der Waals surface area contributed by atoms with E-state index in [0.29, 0.717) is 18.4 Å². The molecular weight excluding hydrogens is 412 g/mol. The third kappa shape index (κ3) is 4.36. The lowest BCUT2D eigenvalue weighted by atomic mass is 9.95. The van der Waals surface area contributed by atoms with Crippen LogP contribution in [0.5, 0.6) is 0 Å². The van der Waals surface area contributed by atoms with Gasteiger partial charge in [-0.1, -0.05) is 42.7 Å². The largest absolute Gasteiger partial charge is 0.476 e. The minimum Gasteiger partial charge on any atom is -0.476 e. The summed E-state index contributed by atoms with van der Waals surface area (Å²) in [5.74, 6) is -2.99. The van der Waals surface area contributed by atoms with E-state index in [-0.39, 0.29) is 24.0 Å². The first kappa shape index (κ1) is 21.9. The second-order valence-corrected chi connectivity index (χ2v) is 9.15. The number of hydrogen-bond donors (Lipinski definition) is 2. The maximum Gasteiger partial charge on any atom is 0.359 e. The summed E-state index contributed by atoms with van der Waals surface area (Å²) in [6, 6.07) is 6.50. The van der Waals surface area contributed by atoms with Crippen molar-refractivity contribution in [1.82, 2.24) is 19.3 Å². The Labute approximate surface area is 174 Å². The normalized spacial score (nSPS) is 15.4. The maximum atomic E-state index is 13.5. The second-order valence-electron chi connectivity index (χ2n) is 7.29. The van der Waals surface area contributed by atoms with Gasteiger partial charge in [-0.3, -0.25) is 0 Å². The van der Waals surface area contributed by atoms with E-state index >= 15 is 0 Å². The van der Waals surface area contributed by atoms with Gasteiger partial charge in [0.2, 0.25) is 15.7 Å². The van der Waals surface area contributed by atoms with Gasteiger partial charge in [-0.15, -0.1) is 5.10 Å². The summed E-state index contributed by atoms with van der Waals surface area (Å²) in [4.78, 5) is 23.0. The van der Waals surface area contributed by atoms with Crippen molar-refractivity contribution in [3.05, 3.63) is 41.2 Å². The molecule has 0 spiro atoms. The van der Waals surface area contributed by atoms with Crippen molar-refractivity contribution in [2.75, 3.05) is 6.54 Å². The van der Waals surface area contributed by atoms with Crippen LogP contribution in [-0.2, 0) is 16.6 Å². The van der Waals surface area contributed by atoms with E-state index in [1.54, 1.807) is 31.2 Å². The maximum absolute atomic E-state index is 13.5. The number of sulfonamides is 1. The molecule has 0 aliphatic heterocycles. The quantitative estimate of drug-likeness (QED) is 0.640. The fraction of sp³-hybridized carbons (Fsp3) is 0.474. The molecule has 3 rings (SSSR count). The number of aromatic carboxylic acids is 2. The van der Waals surface area contributed by atoms with E-state index in [0.717, 1.165) is 23.9 Å². The Morgan fingerprint density at radius 3 is 2.40 bits per heavy atom. The molecular formula is C19H24N4O6S. The SMILES string of the molecule is Cc1ccccc1S(=O)(=O)N(CCn1nnc(C(=O)O)c1C(=O)O)C1CCCCC1. The molecule has 0 amide bonds. The van der Waals surface area contributed by atoms with Crippen molar-refractivity contribution >= 4 is 22.0 Å². The Balaban J connectivity index is 1.94. The highest BCUT2D eigenvalue weighted by Gasteiger charge is 2.34. The van der Waals surface area contributed by atoms with E-state index in [2.05, 4.69) is 10.3 Å². The lowest BCUT2D eigenvalue weighted by Gasteiger charge is -2.33. The van der Waals surface area contributed by atoms with Gasteiger partial charge >= 0.3 is 11.9 Å². The van der Waals surface area contributed by atoms with E-state index in [4.69, 9.17) is 5.11 Å². The van der Waals surface area contributed by atoms with Crippen LogP contribution in [0.15, 0.2) is 29.2 Å². The molecule has 0 saturated heterocycles. The Hall–Kier alpha value is -2.79. The molecule has 1 heterocycles. The highest BCUT2D eigenvalue weighted by Crippen LogP contribution is 2.29. The molecule has 10 nitrogen and oxygen atoms in total. The first-order valence-electron chi connectivity index (χ1n) is 9.71. The monoisotopic (exact) mass is 436 g/mol. The number of hydrogen-bond acceptors (Lipinski definition) is 6. The van der Waals surface area contributed by atoms with Crippen LogP contribution in [0.2, 0.25) is 0 Å². The van der Waals surface area contributed by atoms with E-state index in [9.17, 15) is 23.1 Å². The molecule has 30 heavy (non-hydrogen) atoms. The summed E-state index contributed by atoms with van der Waals surface area (Å²) >= 11 is 0. The average Bonchev–Trinajstić information content (AvgIpc) is 3.13. The number of aromatic nitrogens is 3. The van der Waals surface area contributed by atoms with Gasteiger partial charge in [0.25, 0.3) is 0 Å². The summed E-state index contributed by atoms with van der Waals surface area (Å²) < 4.78 is 29.3. The zero-order chi connectivity index (χ0) is 21.9. The van der Waals surface area contributed by atoms with Crippen LogP contribution in [0.3, 0.4) is 0 Å². The van der Waals surface area contributed by atoms with Gasteiger partial charge in [0.05, 0.1) is 11.4 Å². The summed E-state index contributed by atoms with van der Waals surface area (Å²) in [5.41, 5.74) is -0.619. The van der Waals surface area contributed by atoms with Crippen LogP contribution in [0.1, 0.15) is 58.6 Å². The topological polar surface area (TPSA) is 143 Å². The van der Waals surface area contributed by atoms with Crippen LogP contribution in [0.25, 0.3) is 0 Å². The van der Waals surface area contributed by atoms with Gasteiger partial charge in [0.1, 0.15) is 0 Å². The molecule has 0 bridgehead atoms. The smallest absolute Gasteiger partial charge is 0.359 e. The van der Waals surface area contributed by atoms with E-state index in [1.807, 2.05) is 0 Å². The third-order valence-corrected chi connectivity index (χ3v) is 7.45. The second kappa shape index (κ2) is 8.92. The van der Waals surface area contributed by atoms with E-state index in [1.165, 1.54) is 4.31 Å². The van der Waals surface area contributed by atoms with Gasteiger partial charge in [0.15, 0.2) is 5.69 Å². The summed E-state index contributed by atoms with van der Waals surface area (Å²) in [6.07, 6.45) is 4.31. The lowest BCUT2D eigenvalue weighted by molar-refractivity contribution is 0.0639. The predicted molar refractivity (Wildman–Crippen MR) is 106 cm³/mol. The number of carboxylic acids is 2. The molecule has 1 aromatic carbocycles. The van der Waals surface area contributed by atoms with Crippen molar-refractivity contribution in [2.24, 2.45) is 0 Å². The Kier molecular flexibility index (Phi) is 6.52. The molecule has 2 aromatic rings. The fourth-order valence-corrected chi connectivity index (χ4v) is 5.76. The van der Waals surface area contributed by atoms with Crippen molar-refractivity contribution in [1.29, 1.82) is 0 Å². The molecule has 1 fully saturated rings. The minimum atomic E-state index is -3.84. The van der Waals surface area contributed by atoms with Crippen LogP contribution in [0, 0.1) is 6.92 Å². The van der Waals surface area contributed by atoms with Gasteiger partial charge in [0, 0.05) is 12.6 Å². The zero-order valence-electron chi connectivity index (χ0n) is 16.6. The summed E-state index contributed by atoms with van der Waals surface area (Å²) in [7, 11) is -3.84. The van der Waals surface area contributed by atoms with Crippen LogP contribution >= 0.6 is 0 Å². The molecule has 11 heteroatoms. The number of benzene rings is 1. The van der Waals surface area contributed by atoms with E-state index < -0.39 is 33.3 Å². The number of nitrogens with zero attached hydrogens (tertiary/aromatic N) is 4. The molecule has 1 aliphatic carbocycles. The average molecular weight is 436 g/mol. The number of aryl methyl sites for hydroxylation is 1. The molecule has 1 aromatic heterocycles. The van der Waals surface area contributed by atoms with Gasteiger partial charge in [-0.25, -0.2) is 22.7 Å². The van der Waals surface area contributed by atoms with Gasteiger partial charge < -0.3 is 10.2 Å². The minimum absolute atomic E-state index is 0.0377. The zero-order valence-corrected chi connectivity index (χ0v) is 17.4. The van der Waals surface area contributed by atoms with Gasteiger partial charge in [-0.05, 0) is 31.4 Å². The Bertz CT molecular complexity index is 1040. The first-order valence-corrected chi connectivity index (χ1v) is 11.1. The van der Waals surface area contributed by atoms with Crippen molar-refractivity contribution in [3.8, 4) is 0 Å². The molecule has 2 N–H and O–H groups in total. The lowest BCUT2D eigenvalue weighted by Crippen LogP contribution is -2.43. The van der Waals surface area contributed by atoms with Gasteiger partial charge in [-0.2, -0.15) is 4.31 Å². The highest BCUT2D eigenvalue weighted by molar-refractivity contribution is 7.89. The first-order chi connectivity index (χ1) is 14.2. The van der Waals surface area contributed by atoms with Crippen molar-refractivity contribution in [3.63, 3.8) is 0 Å². The van der Waals surface area contributed by atoms with Crippen LogP contribution in [0.4, 0.5) is 0 Å². The molecule has 162 valence electrons. The summed E-state index contributed by atoms with van der Waals surface area (Å²) in [5, 5.41) is 25.6. The number of carboxylic acid groups (broad SMARTS) is 2. The van der Waals surface area contributed by atoms with Crippen molar-refractivity contribution < 1.29 is 28.2 Å². The Morgan fingerprint density at radius 1 is 1.13 bits per heavy atom. The molecule has 1 aliphatic rings. The van der Waals surface area contributed by atoms with Crippen molar-refractivity contribution in [2.45, 2.75) is 56.5 Å². The third-order valence-electron chi connectivity index (χ3n) is 5.33. The standard InChI is InChI=1S/C19H24N4O6S/c1-13-7-5-6-10-15(13)30(28,29)23(14-8-3-2-4-9-14)12-11-22-17(19(26)27)16(18(24)25)20-21-22/h5-7,10,14H,2-4,8-9,11-12H2,1H3,(H,24,25)(H,26,27). The highest BCUT2D eigenvalue weighted by atomic mass is 32.2. The molecule has 1 saturated carbocycles. The Morgan fingerprint density at radius 2 is 1.80 bits per heavy atom. The fourth-order valence-electron chi connectivity index (χ4n) is 3.86. The summed E-state index contributed by atoms with van der Waals surface area (Å²) in [6.45, 7) is 1.57.